The SMILES string of the molecule is Cl.Cl.[Cl][Sb]([c]1ccccc1)[c]1ccccc1. The van der Waals surface area contributed by atoms with Crippen LogP contribution in [0.25, 0.3) is 0 Å². The van der Waals surface area contributed by atoms with Gasteiger partial charge >= 0.3 is 95.6 Å². The van der Waals surface area contributed by atoms with Gasteiger partial charge < -0.3 is 0 Å². The summed E-state index contributed by atoms with van der Waals surface area (Å²) in [5.74, 6) is 0. The van der Waals surface area contributed by atoms with Gasteiger partial charge in [0.15, 0.2) is 0 Å². The molecule has 0 unspecified atom stereocenters. The number of rotatable bonds is 2. The molecule has 0 atom stereocenters. The minimum absolute atomic E-state index is 0. The van der Waals surface area contributed by atoms with E-state index in [1.807, 2.05) is 12.1 Å². The number of hydrogen-bond donors (Lipinski definition) is 0. The second kappa shape index (κ2) is 8.25. The number of hydrogen-bond acceptors (Lipinski definition) is 0. The molecule has 2 aromatic carbocycles. The van der Waals surface area contributed by atoms with Crippen LogP contribution >= 0.6 is 33.6 Å². The summed E-state index contributed by atoms with van der Waals surface area (Å²) in [6, 6.07) is 20.8. The van der Waals surface area contributed by atoms with Crippen molar-refractivity contribution in [2.75, 3.05) is 0 Å². The average molecular weight is 384 g/mol. The standard InChI is InChI=1S/2C6H5.3ClH.Sb/c2*1-2-4-6-5-3-1;;;;/h2*1-5H;3*1H;/q;;;;;+1/p-1. The van der Waals surface area contributed by atoms with Gasteiger partial charge in [0.05, 0.1) is 0 Å². The van der Waals surface area contributed by atoms with Crippen molar-refractivity contribution < 1.29 is 0 Å². The topological polar surface area (TPSA) is 0 Å². The van der Waals surface area contributed by atoms with Crippen molar-refractivity contribution in [1.82, 2.24) is 0 Å². The van der Waals surface area contributed by atoms with E-state index in [0.29, 0.717) is 0 Å². The van der Waals surface area contributed by atoms with Crippen molar-refractivity contribution in [1.29, 1.82) is 0 Å². The zero-order valence-corrected chi connectivity index (χ0v) is 13.4. The maximum absolute atomic E-state index is 6.51. The third-order valence-electron chi connectivity index (χ3n) is 1.97. The second-order valence-corrected chi connectivity index (χ2v) is 9.77. The zero-order chi connectivity index (χ0) is 9.80. The van der Waals surface area contributed by atoms with Gasteiger partial charge in [-0.1, -0.05) is 0 Å². The second-order valence-electron chi connectivity index (χ2n) is 2.95. The van der Waals surface area contributed by atoms with Gasteiger partial charge in [-0.3, -0.25) is 0 Å². The van der Waals surface area contributed by atoms with Crippen LogP contribution in [0.3, 0.4) is 0 Å². The Kier molecular flexibility index (Phi) is 8.32. The van der Waals surface area contributed by atoms with Crippen LogP contribution in [-0.4, -0.2) is 19.1 Å². The van der Waals surface area contributed by atoms with Crippen LogP contribution in [0.4, 0.5) is 0 Å². The molecule has 16 heavy (non-hydrogen) atoms. The van der Waals surface area contributed by atoms with E-state index in [1.165, 1.54) is 7.02 Å². The first-order valence-corrected chi connectivity index (χ1v) is 10.2. The monoisotopic (exact) mass is 382 g/mol. The molecule has 2 rings (SSSR count). The maximum atomic E-state index is 6.51. The van der Waals surface area contributed by atoms with Crippen LogP contribution in [0.1, 0.15) is 0 Å². The summed E-state index contributed by atoms with van der Waals surface area (Å²) >= 11 is -1.90. The van der Waals surface area contributed by atoms with Crippen molar-refractivity contribution in [2.24, 2.45) is 0 Å². The van der Waals surface area contributed by atoms with E-state index in [0.717, 1.165) is 0 Å². The van der Waals surface area contributed by atoms with Crippen molar-refractivity contribution in [2.45, 2.75) is 0 Å². The first-order chi connectivity index (χ1) is 6.88. The van der Waals surface area contributed by atoms with Gasteiger partial charge in [0.25, 0.3) is 0 Å². The van der Waals surface area contributed by atoms with Gasteiger partial charge in [0.1, 0.15) is 0 Å². The Morgan fingerprint density at radius 1 is 0.625 bits per heavy atom. The molecule has 0 aromatic heterocycles. The Balaban J connectivity index is 0.00000112. The molecular weight excluding hydrogens is 372 g/mol. The predicted molar refractivity (Wildman–Crippen MR) is 78.3 cm³/mol. The van der Waals surface area contributed by atoms with Crippen molar-refractivity contribution in [3.05, 3.63) is 60.7 Å². The Hall–Kier alpha value is 0.128. The molecular formula is C12H12Cl3Sb. The third kappa shape index (κ3) is 4.18. The van der Waals surface area contributed by atoms with Gasteiger partial charge in [-0.25, -0.2) is 0 Å². The predicted octanol–water partition coefficient (Wildman–Crippen LogP) is 2.87. The molecule has 86 valence electrons. The fourth-order valence-electron chi connectivity index (χ4n) is 1.27. The number of halogens is 3. The van der Waals surface area contributed by atoms with Gasteiger partial charge in [-0.05, 0) is 0 Å². The van der Waals surface area contributed by atoms with Crippen LogP contribution < -0.4 is 7.02 Å². The van der Waals surface area contributed by atoms with Gasteiger partial charge in [0.2, 0.25) is 0 Å². The van der Waals surface area contributed by atoms with Crippen LogP contribution in [0, 0.1) is 0 Å². The molecule has 0 aliphatic carbocycles. The Morgan fingerprint density at radius 3 is 1.25 bits per heavy atom. The van der Waals surface area contributed by atoms with Gasteiger partial charge in [-0.15, -0.1) is 24.8 Å². The molecule has 0 N–H and O–H groups in total. The summed E-state index contributed by atoms with van der Waals surface area (Å²) in [5, 5.41) is 0. The van der Waals surface area contributed by atoms with E-state index < -0.39 is 19.1 Å². The molecule has 0 fully saturated rings. The van der Waals surface area contributed by atoms with Crippen LogP contribution in [0.5, 0.6) is 0 Å². The van der Waals surface area contributed by atoms with Crippen LogP contribution in [0.2, 0.25) is 0 Å². The quantitative estimate of drug-likeness (QED) is 0.699. The van der Waals surface area contributed by atoms with E-state index >= 15 is 0 Å². The van der Waals surface area contributed by atoms with E-state index in [1.54, 1.807) is 0 Å². The molecule has 0 radical (unpaired) electrons. The first-order valence-electron chi connectivity index (χ1n) is 4.44. The molecule has 0 heterocycles. The Morgan fingerprint density at radius 2 is 0.938 bits per heavy atom. The molecule has 0 saturated carbocycles. The summed E-state index contributed by atoms with van der Waals surface area (Å²) in [5.41, 5.74) is 0. The molecule has 0 amide bonds. The summed E-state index contributed by atoms with van der Waals surface area (Å²) in [6.07, 6.45) is 0. The van der Waals surface area contributed by atoms with E-state index in [-0.39, 0.29) is 24.8 Å². The van der Waals surface area contributed by atoms with Crippen molar-refractivity contribution in [3.63, 3.8) is 0 Å². The molecule has 2 aromatic rings. The summed E-state index contributed by atoms with van der Waals surface area (Å²) in [4.78, 5) is 0. The Labute approximate surface area is 119 Å². The zero-order valence-electron chi connectivity index (χ0n) is 8.42. The molecule has 0 spiro atoms. The first kappa shape index (κ1) is 16.1. The van der Waals surface area contributed by atoms with E-state index in [9.17, 15) is 0 Å². The molecule has 0 bridgehead atoms. The summed E-state index contributed by atoms with van der Waals surface area (Å²) in [7, 11) is 6.51. The fourth-order valence-corrected chi connectivity index (χ4v) is 6.11. The molecule has 0 aliphatic rings. The van der Waals surface area contributed by atoms with Crippen molar-refractivity contribution in [3.8, 4) is 0 Å². The van der Waals surface area contributed by atoms with Crippen LogP contribution in [-0.2, 0) is 0 Å². The third-order valence-corrected chi connectivity index (χ3v) is 8.87. The van der Waals surface area contributed by atoms with Gasteiger partial charge in [0, 0.05) is 0 Å². The average Bonchev–Trinajstić information content (AvgIpc) is 2.30. The molecule has 4 heteroatoms. The van der Waals surface area contributed by atoms with E-state index in [4.69, 9.17) is 8.83 Å². The summed E-state index contributed by atoms with van der Waals surface area (Å²) in [6.45, 7) is 0. The Bertz CT molecular complexity index is 352. The number of benzene rings is 2. The minimum atomic E-state index is -1.90. The fraction of sp³-hybridized carbons (Fsp3) is 0. The molecule has 0 saturated heterocycles. The van der Waals surface area contributed by atoms with E-state index in [2.05, 4.69) is 48.5 Å². The van der Waals surface area contributed by atoms with Crippen molar-refractivity contribution >= 4 is 59.7 Å². The molecule has 0 aliphatic heterocycles. The molecule has 0 nitrogen and oxygen atoms in total. The van der Waals surface area contributed by atoms with Crippen LogP contribution in [0.15, 0.2) is 60.7 Å². The summed E-state index contributed by atoms with van der Waals surface area (Å²) < 4.78 is 2.65. The van der Waals surface area contributed by atoms with Gasteiger partial charge in [-0.2, -0.15) is 0 Å². The normalized spacial score (nSPS) is 9.12.